The monoisotopic (exact) mass is 246 g/mol. The number of thiophene rings is 1. The van der Waals surface area contributed by atoms with Gasteiger partial charge < -0.3 is 4.90 Å². The van der Waals surface area contributed by atoms with Crippen LogP contribution in [0, 0.1) is 0 Å². The van der Waals surface area contributed by atoms with Gasteiger partial charge in [-0.1, -0.05) is 6.07 Å². The minimum atomic E-state index is 0.282. The number of anilines is 1. The summed E-state index contributed by atoms with van der Waals surface area (Å²) in [5, 5.41) is 2.07. The lowest BCUT2D eigenvalue weighted by Gasteiger charge is -2.25. The molecule has 0 aliphatic carbocycles. The van der Waals surface area contributed by atoms with E-state index < -0.39 is 0 Å². The van der Waals surface area contributed by atoms with Gasteiger partial charge in [-0.15, -0.1) is 11.3 Å². The largest absolute Gasteiger partial charge is 0.352 e. The maximum absolute atomic E-state index is 10.6. The third-order valence-corrected chi connectivity index (χ3v) is 3.85. The van der Waals surface area contributed by atoms with Crippen molar-refractivity contribution >= 4 is 23.4 Å². The molecule has 0 saturated heterocycles. The van der Waals surface area contributed by atoms with Crippen molar-refractivity contribution in [1.29, 1.82) is 0 Å². The average molecular weight is 246 g/mol. The Morgan fingerprint density at radius 3 is 2.76 bits per heavy atom. The van der Waals surface area contributed by atoms with E-state index in [1.165, 1.54) is 4.88 Å². The number of pyridine rings is 1. The summed E-state index contributed by atoms with van der Waals surface area (Å²) >= 11 is 1.74. The first-order valence-electron chi connectivity index (χ1n) is 5.40. The summed E-state index contributed by atoms with van der Waals surface area (Å²) in [7, 11) is 2.01. The van der Waals surface area contributed by atoms with Gasteiger partial charge in [0, 0.05) is 23.7 Å². The van der Waals surface area contributed by atoms with Gasteiger partial charge in [-0.2, -0.15) is 0 Å². The van der Waals surface area contributed by atoms with Crippen molar-refractivity contribution in [3.63, 3.8) is 0 Å². The highest BCUT2D eigenvalue weighted by Crippen LogP contribution is 2.26. The van der Waals surface area contributed by atoms with Crippen LogP contribution in [0.15, 0.2) is 35.8 Å². The van der Waals surface area contributed by atoms with E-state index in [-0.39, 0.29) is 6.04 Å². The van der Waals surface area contributed by atoms with Crippen molar-refractivity contribution in [1.82, 2.24) is 4.98 Å². The summed E-state index contributed by atoms with van der Waals surface area (Å²) in [6.07, 6.45) is 2.40. The zero-order chi connectivity index (χ0) is 12.3. The summed E-state index contributed by atoms with van der Waals surface area (Å²) in [5.74, 6) is 0.872. The molecule has 0 N–H and O–H groups in total. The topological polar surface area (TPSA) is 33.2 Å². The third-order valence-electron chi connectivity index (χ3n) is 2.80. The maximum Gasteiger partial charge on any atom is 0.151 e. The highest BCUT2D eigenvalue weighted by Gasteiger charge is 2.13. The lowest BCUT2D eigenvalue weighted by molar-refractivity contribution is 0.112. The number of carbonyl (C=O) groups is 1. The quantitative estimate of drug-likeness (QED) is 0.777. The molecule has 0 fully saturated rings. The Morgan fingerprint density at radius 1 is 1.41 bits per heavy atom. The number of aromatic nitrogens is 1. The van der Waals surface area contributed by atoms with Gasteiger partial charge in [-0.25, -0.2) is 4.98 Å². The lowest BCUT2D eigenvalue weighted by Crippen LogP contribution is -2.21. The van der Waals surface area contributed by atoms with Crippen LogP contribution in [0.5, 0.6) is 0 Å². The second kappa shape index (κ2) is 5.10. The van der Waals surface area contributed by atoms with Crippen LogP contribution in [0.25, 0.3) is 0 Å². The number of nitrogens with zero attached hydrogens (tertiary/aromatic N) is 2. The predicted octanol–water partition coefficient (Wildman–Crippen LogP) is 3.15. The fourth-order valence-electron chi connectivity index (χ4n) is 1.59. The van der Waals surface area contributed by atoms with E-state index in [4.69, 9.17) is 0 Å². The maximum atomic E-state index is 10.6. The van der Waals surface area contributed by atoms with Gasteiger partial charge in [-0.05, 0) is 30.5 Å². The molecule has 0 amide bonds. The molecule has 88 valence electrons. The van der Waals surface area contributed by atoms with Crippen LogP contribution in [0.2, 0.25) is 0 Å². The van der Waals surface area contributed by atoms with Crippen LogP contribution >= 0.6 is 11.3 Å². The highest BCUT2D eigenvalue weighted by atomic mass is 32.1. The molecule has 2 rings (SSSR count). The fraction of sp³-hybridized carbons (Fsp3) is 0.231. The molecule has 0 radical (unpaired) electrons. The summed E-state index contributed by atoms with van der Waals surface area (Å²) < 4.78 is 0. The Morgan fingerprint density at radius 2 is 2.24 bits per heavy atom. The van der Waals surface area contributed by atoms with Crippen LogP contribution in [0.3, 0.4) is 0 Å². The summed E-state index contributed by atoms with van der Waals surface area (Å²) in [4.78, 5) is 18.2. The van der Waals surface area contributed by atoms with Gasteiger partial charge in [0.25, 0.3) is 0 Å². The van der Waals surface area contributed by atoms with Gasteiger partial charge in [0.05, 0.1) is 6.04 Å². The number of aldehydes is 1. The zero-order valence-electron chi connectivity index (χ0n) is 9.83. The normalized spacial score (nSPS) is 12.1. The molecule has 0 aromatic carbocycles. The van der Waals surface area contributed by atoms with E-state index in [9.17, 15) is 4.79 Å². The zero-order valence-corrected chi connectivity index (χ0v) is 10.6. The van der Waals surface area contributed by atoms with Crippen LogP contribution in [-0.2, 0) is 0 Å². The molecular formula is C13H14N2OS. The first-order valence-corrected chi connectivity index (χ1v) is 6.28. The third kappa shape index (κ3) is 2.53. The number of carbonyl (C=O) groups excluding carboxylic acids is 1. The second-order valence-corrected chi connectivity index (χ2v) is 4.85. The molecule has 0 bridgehead atoms. The molecular weight excluding hydrogens is 232 g/mol. The first-order chi connectivity index (χ1) is 8.22. The van der Waals surface area contributed by atoms with E-state index in [1.54, 1.807) is 23.6 Å². The number of hydrogen-bond acceptors (Lipinski definition) is 4. The van der Waals surface area contributed by atoms with E-state index in [0.29, 0.717) is 5.56 Å². The van der Waals surface area contributed by atoms with Crippen molar-refractivity contribution in [3.05, 3.63) is 46.3 Å². The summed E-state index contributed by atoms with van der Waals surface area (Å²) in [6, 6.07) is 8.10. The van der Waals surface area contributed by atoms with Crippen LogP contribution in [0.1, 0.15) is 28.2 Å². The van der Waals surface area contributed by atoms with Gasteiger partial charge >= 0.3 is 0 Å². The van der Waals surface area contributed by atoms with Gasteiger partial charge in [0.1, 0.15) is 5.82 Å². The molecule has 2 aromatic heterocycles. The molecule has 2 aromatic rings. The van der Waals surface area contributed by atoms with E-state index in [2.05, 4.69) is 28.3 Å². The smallest absolute Gasteiger partial charge is 0.151 e. The Balaban J connectivity index is 2.18. The number of hydrogen-bond donors (Lipinski definition) is 0. The van der Waals surface area contributed by atoms with Gasteiger partial charge in [-0.3, -0.25) is 4.79 Å². The molecule has 0 aliphatic heterocycles. The Labute approximate surface area is 105 Å². The van der Waals surface area contributed by atoms with Crippen molar-refractivity contribution < 1.29 is 4.79 Å². The second-order valence-electron chi connectivity index (χ2n) is 3.87. The molecule has 0 aliphatic rings. The minimum absolute atomic E-state index is 0.282. The molecule has 1 unspecified atom stereocenters. The molecule has 0 spiro atoms. The fourth-order valence-corrected chi connectivity index (χ4v) is 2.42. The minimum Gasteiger partial charge on any atom is -0.352 e. The van der Waals surface area contributed by atoms with E-state index >= 15 is 0 Å². The van der Waals surface area contributed by atoms with Crippen LogP contribution < -0.4 is 4.90 Å². The SMILES string of the molecule is CC(c1cccs1)N(C)c1ccc(C=O)cn1. The van der Waals surface area contributed by atoms with E-state index in [0.717, 1.165) is 12.1 Å². The molecule has 2 heterocycles. The highest BCUT2D eigenvalue weighted by molar-refractivity contribution is 7.10. The van der Waals surface area contributed by atoms with E-state index in [1.807, 2.05) is 19.2 Å². The molecule has 0 saturated carbocycles. The number of rotatable bonds is 4. The van der Waals surface area contributed by atoms with Crippen LogP contribution in [0.4, 0.5) is 5.82 Å². The van der Waals surface area contributed by atoms with Gasteiger partial charge in [0.2, 0.25) is 0 Å². The van der Waals surface area contributed by atoms with Crippen molar-refractivity contribution in [2.75, 3.05) is 11.9 Å². The molecule has 4 heteroatoms. The summed E-state index contributed by atoms with van der Waals surface area (Å²) in [6.45, 7) is 2.14. The lowest BCUT2D eigenvalue weighted by atomic mass is 10.2. The average Bonchev–Trinajstić information content (AvgIpc) is 2.91. The molecule has 3 nitrogen and oxygen atoms in total. The predicted molar refractivity (Wildman–Crippen MR) is 70.8 cm³/mol. The molecule has 17 heavy (non-hydrogen) atoms. The Kier molecular flexibility index (Phi) is 3.54. The Hall–Kier alpha value is -1.68. The van der Waals surface area contributed by atoms with Crippen molar-refractivity contribution in [2.45, 2.75) is 13.0 Å². The molecule has 1 atom stereocenters. The first kappa shape index (κ1) is 11.8. The summed E-state index contributed by atoms with van der Waals surface area (Å²) in [5.41, 5.74) is 0.603. The van der Waals surface area contributed by atoms with Gasteiger partial charge in [0.15, 0.2) is 6.29 Å². The van der Waals surface area contributed by atoms with Crippen molar-refractivity contribution in [3.8, 4) is 0 Å². The van der Waals surface area contributed by atoms with Crippen LogP contribution in [-0.4, -0.2) is 18.3 Å². The Bertz CT molecular complexity index is 479. The standard InChI is InChI=1S/C13H14N2OS/c1-10(12-4-3-7-17-12)15(2)13-6-5-11(9-16)8-14-13/h3-10H,1-2H3. The van der Waals surface area contributed by atoms with Crippen molar-refractivity contribution in [2.24, 2.45) is 0 Å².